The maximum Gasteiger partial charge on any atom is 0.339 e. The molecule has 5 nitrogen and oxygen atoms in total. The summed E-state index contributed by atoms with van der Waals surface area (Å²) in [6.45, 7) is 4.30. The Bertz CT molecular complexity index is 456. The minimum atomic E-state index is -1.05. The number of ether oxygens (including phenoxy) is 1. The quantitative estimate of drug-likeness (QED) is 0.779. The van der Waals surface area contributed by atoms with Crippen LogP contribution in [-0.2, 0) is 0 Å². The Morgan fingerprint density at radius 1 is 1.45 bits per heavy atom. The summed E-state index contributed by atoms with van der Waals surface area (Å²) in [5, 5.41) is 12.3. The summed E-state index contributed by atoms with van der Waals surface area (Å²) in [5.41, 5.74) is 6.03. The molecule has 4 N–H and O–H groups in total. The molecule has 0 aromatic heterocycles. The van der Waals surface area contributed by atoms with E-state index in [1.807, 2.05) is 0 Å². The predicted octanol–water partition coefficient (Wildman–Crippen LogP) is 2.13. The molecule has 1 saturated heterocycles. The number of hydrogen-bond acceptors (Lipinski definition) is 4. The van der Waals surface area contributed by atoms with E-state index < -0.39 is 5.97 Å². The highest BCUT2D eigenvalue weighted by Crippen LogP contribution is 2.22. The number of halogens is 1. The zero-order chi connectivity index (χ0) is 15.2. The van der Waals surface area contributed by atoms with Gasteiger partial charge in [0.15, 0.2) is 0 Å². The molecule has 1 heterocycles. The predicted molar refractivity (Wildman–Crippen MR) is 79.7 cm³/mol. The van der Waals surface area contributed by atoms with Gasteiger partial charge in [0.25, 0.3) is 0 Å². The van der Waals surface area contributed by atoms with E-state index in [9.17, 15) is 4.79 Å². The van der Waals surface area contributed by atoms with Crippen LogP contribution in [0.1, 0.15) is 30.1 Å². The van der Waals surface area contributed by atoms with Gasteiger partial charge in [0.2, 0.25) is 0 Å². The van der Waals surface area contributed by atoms with Crippen LogP contribution >= 0.6 is 11.6 Å². The van der Waals surface area contributed by atoms with Gasteiger partial charge >= 0.3 is 5.97 Å². The average Bonchev–Trinajstić information content (AvgIpc) is 2.39. The van der Waals surface area contributed by atoms with Gasteiger partial charge in [-0.25, -0.2) is 4.79 Å². The monoisotopic (exact) mass is 300 g/mol. The van der Waals surface area contributed by atoms with Crippen molar-refractivity contribution < 1.29 is 14.6 Å². The van der Waals surface area contributed by atoms with Gasteiger partial charge in [-0.15, -0.1) is 0 Å². The first kappa shape index (κ1) is 16.8. The number of carboxylic acid groups (broad SMARTS) is 1. The number of hydrogen-bond donors (Lipinski definition) is 3. The summed E-state index contributed by atoms with van der Waals surface area (Å²) in [7, 11) is 1.41. The lowest BCUT2D eigenvalue weighted by atomic mass is 9.92. The number of nitrogens with two attached hydrogens (primary N) is 1. The van der Waals surface area contributed by atoms with Crippen LogP contribution in [0.4, 0.5) is 0 Å². The zero-order valence-electron chi connectivity index (χ0n) is 11.8. The average molecular weight is 301 g/mol. The summed E-state index contributed by atoms with van der Waals surface area (Å²) >= 11 is 5.60. The smallest absolute Gasteiger partial charge is 0.339 e. The van der Waals surface area contributed by atoms with E-state index in [4.69, 9.17) is 27.2 Å². The highest BCUT2D eigenvalue weighted by molar-refractivity contribution is 6.31. The Labute approximate surface area is 124 Å². The summed E-state index contributed by atoms with van der Waals surface area (Å²) in [6.07, 6.45) is 2.24. The molecular formula is C14H21ClN2O3. The van der Waals surface area contributed by atoms with E-state index in [0.717, 1.165) is 25.9 Å². The lowest BCUT2D eigenvalue weighted by Gasteiger charge is -2.29. The molecular weight excluding hydrogens is 280 g/mol. The molecule has 0 spiro atoms. The van der Waals surface area contributed by atoms with Gasteiger partial charge in [-0.2, -0.15) is 0 Å². The van der Waals surface area contributed by atoms with Crippen LogP contribution < -0.4 is 15.8 Å². The van der Waals surface area contributed by atoms with Gasteiger partial charge in [0.05, 0.1) is 7.11 Å². The van der Waals surface area contributed by atoms with E-state index in [-0.39, 0.29) is 11.1 Å². The Balaban J connectivity index is 0.000000217. The normalized spacial score (nSPS) is 16.8. The SMILES string of the molecule is CC1(N)CCNCC1.COc1ccc(Cl)cc1C(=O)O. The Morgan fingerprint density at radius 2 is 2.05 bits per heavy atom. The maximum absolute atomic E-state index is 10.6. The van der Waals surface area contributed by atoms with Gasteiger partial charge in [0.1, 0.15) is 11.3 Å². The summed E-state index contributed by atoms with van der Waals surface area (Å²) in [6, 6.07) is 4.45. The molecule has 20 heavy (non-hydrogen) atoms. The minimum absolute atomic E-state index is 0.0741. The van der Waals surface area contributed by atoms with E-state index in [1.165, 1.54) is 19.2 Å². The molecule has 1 aromatic rings. The molecule has 112 valence electrons. The van der Waals surface area contributed by atoms with Crippen molar-refractivity contribution >= 4 is 17.6 Å². The van der Waals surface area contributed by atoms with Crippen molar-refractivity contribution in [1.29, 1.82) is 0 Å². The highest BCUT2D eigenvalue weighted by atomic mass is 35.5. The number of nitrogens with one attached hydrogen (secondary N) is 1. The third-order valence-corrected chi connectivity index (χ3v) is 3.37. The van der Waals surface area contributed by atoms with Crippen molar-refractivity contribution in [3.05, 3.63) is 28.8 Å². The van der Waals surface area contributed by atoms with Crippen LogP contribution in [0.2, 0.25) is 5.02 Å². The van der Waals surface area contributed by atoms with Gasteiger partial charge in [-0.3, -0.25) is 0 Å². The fourth-order valence-corrected chi connectivity index (χ4v) is 2.02. The molecule has 1 aliphatic heterocycles. The number of methoxy groups -OCH3 is 1. The first-order chi connectivity index (χ1) is 9.35. The van der Waals surface area contributed by atoms with Crippen LogP contribution in [0, 0.1) is 0 Å². The van der Waals surface area contributed by atoms with Gasteiger partial charge in [0, 0.05) is 10.6 Å². The topological polar surface area (TPSA) is 84.6 Å². The molecule has 0 amide bonds. The molecule has 2 rings (SSSR count). The second-order valence-electron chi connectivity index (χ2n) is 5.05. The third-order valence-electron chi connectivity index (χ3n) is 3.14. The molecule has 1 aromatic carbocycles. The first-order valence-corrected chi connectivity index (χ1v) is 6.80. The molecule has 0 atom stereocenters. The first-order valence-electron chi connectivity index (χ1n) is 6.42. The van der Waals surface area contributed by atoms with E-state index in [2.05, 4.69) is 12.2 Å². The maximum atomic E-state index is 10.6. The van der Waals surface area contributed by atoms with Crippen molar-refractivity contribution in [1.82, 2.24) is 5.32 Å². The Hall–Kier alpha value is -1.30. The van der Waals surface area contributed by atoms with Crippen LogP contribution in [-0.4, -0.2) is 36.8 Å². The highest BCUT2D eigenvalue weighted by Gasteiger charge is 2.20. The molecule has 1 fully saturated rings. The number of carboxylic acids is 1. The van der Waals surface area contributed by atoms with Crippen LogP contribution in [0.15, 0.2) is 18.2 Å². The van der Waals surface area contributed by atoms with Gasteiger partial charge in [-0.05, 0) is 51.1 Å². The zero-order valence-corrected chi connectivity index (χ0v) is 12.5. The molecule has 0 unspecified atom stereocenters. The molecule has 1 aliphatic rings. The van der Waals surface area contributed by atoms with Crippen molar-refractivity contribution in [3.8, 4) is 5.75 Å². The third kappa shape index (κ3) is 5.36. The number of aromatic carboxylic acids is 1. The van der Waals surface area contributed by atoms with Crippen LogP contribution in [0.5, 0.6) is 5.75 Å². The largest absolute Gasteiger partial charge is 0.496 e. The molecule has 0 radical (unpaired) electrons. The Morgan fingerprint density at radius 3 is 2.45 bits per heavy atom. The van der Waals surface area contributed by atoms with Crippen LogP contribution in [0.3, 0.4) is 0 Å². The molecule has 0 saturated carbocycles. The lowest BCUT2D eigenvalue weighted by Crippen LogP contribution is -2.46. The van der Waals surface area contributed by atoms with E-state index >= 15 is 0 Å². The molecule has 0 aliphatic carbocycles. The number of benzene rings is 1. The van der Waals surface area contributed by atoms with Crippen molar-refractivity contribution in [2.75, 3.05) is 20.2 Å². The fourth-order valence-electron chi connectivity index (χ4n) is 1.85. The number of rotatable bonds is 2. The van der Waals surface area contributed by atoms with Gasteiger partial charge in [-0.1, -0.05) is 11.6 Å². The minimum Gasteiger partial charge on any atom is -0.496 e. The van der Waals surface area contributed by atoms with E-state index in [0.29, 0.717) is 10.8 Å². The molecule has 0 bridgehead atoms. The lowest BCUT2D eigenvalue weighted by molar-refractivity contribution is 0.0693. The van der Waals surface area contributed by atoms with Crippen LogP contribution in [0.25, 0.3) is 0 Å². The second-order valence-corrected chi connectivity index (χ2v) is 5.49. The van der Waals surface area contributed by atoms with E-state index in [1.54, 1.807) is 6.07 Å². The summed E-state index contributed by atoms with van der Waals surface area (Å²) in [4.78, 5) is 10.6. The Kier molecular flexibility index (Phi) is 6.26. The van der Waals surface area contributed by atoms with Crippen molar-refractivity contribution in [2.24, 2.45) is 5.73 Å². The number of piperidine rings is 1. The second kappa shape index (κ2) is 7.47. The molecule has 6 heteroatoms. The standard InChI is InChI=1S/C8H7ClO3.C6H14N2/c1-12-7-3-2-5(9)4-6(7)8(10)11;1-6(7)2-4-8-5-3-6/h2-4H,1H3,(H,10,11);8H,2-5,7H2,1H3. The van der Waals surface area contributed by atoms with Crippen molar-refractivity contribution in [3.63, 3.8) is 0 Å². The van der Waals surface area contributed by atoms with Crippen molar-refractivity contribution in [2.45, 2.75) is 25.3 Å². The van der Waals surface area contributed by atoms with Gasteiger partial charge < -0.3 is 20.9 Å². The summed E-state index contributed by atoms with van der Waals surface area (Å²) in [5.74, 6) is -0.735. The fraction of sp³-hybridized carbons (Fsp3) is 0.500. The number of carbonyl (C=O) groups is 1. The summed E-state index contributed by atoms with van der Waals surface area (Å²) < 4.78 is 4.82.